The number of hydrogen-bond donors (Lipinski definition) is 1. The number of benzene rings is 1. The molecule has 1 aliphatic rings. The molecule has 0 bridgehead atoms. The second-order valence-corrected chi connectivity index (χ2v) is 4.19. The van der Waals surface area contributed by atoms with Crippen molar-refractivity contribution in [3.8, 4) is 0 Å². The van der Waals surface area contributed by atoms with Gasteiger partial charge in [-0.05, 0) is 32.0 Å². The minimum absolute atomic E-state index is 0.105. The van der Waals surface area contributed by atoms with Gasteiger partial charge in [-0.25, -0.2) is 0 Å². The molecule has 0 atom stereocenters. The maximum atomic E-state index is 11.7. The van der Waals surface area contributed by atoms with Crippen molar-refractivity contribution in [1.29, 1.82) is 0 Å². The third-order valence-electron chi connectivity index (χ3n) is 2.71. The average molecular weight is 232 g/mol. The lowest BCUT2D eigenvalue weighted by molar-refractivity contribution is -0.114. The second kappa shape index (κ2) is 3.69. The number of hydrogen-bond acceptors (Lipinski definition) is 3. The molecule has 17 heavy (non-hydrogen) atoms. The molecule has 2 amide bonds. The SMILES string of the molecule is CC(C)N1C(=O)C(=O)c2cc(C(N)=O)ccc21. The van der Waals surface area contributed by atoms with Crippen molar-refractivity contribution in [3.05, 3.63) is 29.3 Å². The van der Waals surface area contributed by atoms with Crippen LogP contribution in [0.3, 0.4) is 0 Å². The second-order valence-electron chi connectivity index (χ2n) is 4.19. The van der Waals surface area contributed by atoms with Gasteiger partial charge in [0.15, 0.2) is 0 Å². The standard InChI is InChI=1S/C12H12N2O3/c1-6(2)14-9-4-3-7(11(13)16)5-8(9)10(15)12(14)17/h3-6H,1-2H3,(H2,13,16). The first kappa shape index (κ1) is 11.3. The number of primary amides is 1. The zero-order chi connectivity index (χ0) is 12.7. The smallest absolute Gasteiger partial charge is 0.299 e. The molecule has 1 aromatic carbocycles. The quantitative estimate of drug-likeness (QED) is 0.763. The summed E-state index contributed by atoms with van der Waals surface area (Å²) >= 11 is 0. The van der Waals surface area contributed by atoms with Gasteiger partial charge in [0.25, 0.3) is 11.7 Å². The Hall–Kier alpha value is -2.17. The van der Waals surface area contributed by atoms with Crippen molar-refractivity contribution >= 4 is 23.3 Å². The molecule has 0 aromatic heterocycles. The fourth-order valence-electron chi connectivity index (χ4n) is 1.93. The molecule has 1 aliphatic heterocycles. The number of fused-ring (bicyclic) bond motifs is 1. The molecular weight excluding hydrogens is 220 g/mol. The Morgan fingerprint density at radius 2 is 1.94 bits per heavy atom. The minimum Gasteiger partial charge on any atom is -0.366 e. The first-order chi connectivity index (χ1) is 7.93. The molecule has 2 N–H and O–H groups in total. The Kier molecular flexibility index (Phi) is 2.46. The summed E-state index contributed by atoms with van der Waals surface area (Å²) in [6.07, 6.45) is 0. The molecule has 2 rings (SSSR count). The van der Waals surface area contributed by atoms with Gasteiger partial charge in [-0.3, -0.25) is 14.4 Å². The lowest BCUT2D eigenvalue weighted by atomic mass is 10.1. The summed E-state index contributed by atoms with van der Waals surface area (Å²) in [4.78, 5) is 35.9. The molecule has 0 radical (unpaired) electrons. The Balaban J connectivity index is 2.59. The van der Waals surface area contributed by atoms with E-state index in [2.05, 4.69) is 0 Å². The van der Waals surface area contributed by atoms with E-state index in [0.29, 0.717) is 5.69 Å². The largest absolute Gasteiger partial charge is 0.366 e. The summed E-state index contributed by atoms with van der Waals surface area (Å²) < 4.78 is 0. The molecule has 0 aliphatic carbocycles. The van der Waals surface area contributed by atoms with Gasteiger partial charge < -0.3 is 10.6 Å². The molecule has 0 saturated carbocycles. The van der Waals surface area contributed by atoms with Crippen LogP contribution in [0.5, 0.6) is 0 Å². The van der Waals surface area contributed by atoms with Crippen molar-refractivity contribution in [2.75, 3.05) is 4.90 Å². The summed E-state index contributed by atoms with van der Waals surface area (Å²) in [5.41, 5.74) is 6.16. The van der Waals surface area contributed by atoms with Crippen LogP contribution >= 0.6 is 0 Å². The number of Topliss-reactive ketones (excluding diaryl/α,β-unsaturated/α-hetero) is 1. The third-order valence-corrected chi connectivity index (χ3v) is 2.71. The molecule has 5 nitrogen and oxygen atoms in total. The Morgan fingerprint density at radius 1 is 1.29 bits per heavy atom. The van der Waals surface area contributed by atoms with E-state index in [-0.39, 0.29) is 17.2 Å². The highest BCUT2D eigenvalue weighted by Crippen LogP contribution is 2.31. The van der Waals surface area contributed by atoms with Gasteiger partial charge >= 0.3 is 0 Å². The maximum Gasteiger partial charge on any atom is 0.299 e. The Bertz CT molecular complexity index is 535. The lowest BCUT2D eigenvalue weighted by Gasteiger charge is -2.20. The summed E-state index contributed by atoms with van der Waals surface area (Å²) in [6, 6.07) is 4.37. The van der Waals surface area contributed by atoms with E-state index in [0.717, 1.165) is 0 Å². The van der Waals surface area contributed by atoms with Crippen LogP contribution in [-0.2, 0) is 4.79 Å². The number of rotatable bonds is 2. The number of nitrogens with two attached hydrogens (primary N) is 1. The van der Waals surface area contributed by atoms with E-state index in [1.807, 2.05) is 13.8 Å². The number of ketones is 1. The van der Waals surface area contributed by atoms with Gasteiger partial charge in [-0.1, -0.05) is 0 Å². The third kappa shape index (κ3) is 1.60. The van der Waals surface area contributed by atoms with E-state index < -0.39 is 17.6 Å². The Morgan fingerprint density at radius 3 is 2.47 bits per heavy atom. The number of carbonyl (C=O) groups excluding carboxylic acids is 3. The van der Waals surface area contributed by atoms with Crippen LogP contribution in [0.15, 0.2) is 18.2 Å². The predicted octanol–water partition coefficient (Wildman–Crippen LogP) is 0.723. The van der Waals surface area contributed by atoms with Gasteiger partial charge in [0.05, 0.1) is 11.3 Å². The molecule has 1 heterocycles. The highest BCUT2D eigenvalue weighted by atomic mass is 16.2. The highest BCUT2D eigenvalue weighted by Gasteiger charge is 2.37. The van der Waals surface area contributed by atoms with Crippen LogP contribution in [0.2, 0.25) is 0 Å². The van der Waals surface area contributed by atoms with E-state index >= 15 is 0 Å². The zero-order valence-electron chi connectivity index (χ0n) is 9.56. The topological polar surface area (TPSA) is 80.5 Å². The molecule has 5 heteroatoms. The minimum atomic E-state index is -0.615. The molecular formula is C12H12N2O3. The summed E-state index contributed by atoms with van der Waals surface area (Å²) in [5.74, 6) is -1.76. The molecule has 0 fully saturated rings. The van der Waals surface area contributed by atoms with Gasteiger partial charge in [0.1, 0.15) is 0 Å². The lowest BCUT2D eigenvalue weighted by Crippen LogP contribution is -2.35. The first-order valence-electron chi connectivity index (χ1n) is 5.25. The molecule has 0 unspecified atom stereocenters. The predicted molar refractivity (Wildman–Crippen MR) is 61.9 cm³/mol. The van der Waals surface area contributed by atoms with Crippen molar-refractivity contribution < 1.29 is 14.4 Å². The van der Waals surface area contributed by atoms with Crippen LogP contribution < -0.4 is 10.6 Å². The number of carbonyl (C=O) groups is 3. The van der Waals surface area contributed by atoms with Gasteiger partial charge in [0, 0.05) is 11.6 Å². The zero-order valence-corrected chi connectivity index (χ0v) is 9.56. The van der Waals surface area contributed by atoms with Crippen molar-refractivity contribution in [2.45, 2.75) is 19.9 Å². The molecule has 1 aromatic rings. The van der Waals surface area contributed by atoms with Crippen LogP contribution in [0, 0.1) is 0 Å². The fourth-order valence-corrected chi connectivity index (χ4v) is 1.93. The van der Waals surface area contributed by atoms with Crippen molar-refractivity contribution in [1.82, 2.24) is 0 Å². The normalized spacial score (nSPS) is 14.4. The maximum absolute atomic E-state index is 11.7. The van der Waals surface area contributed by atoms with Crippen molar-refractivity contribution in [2.24, 2.45) is 5.73 Å². The molecule has 0 spiro atoms. The Labute approximate surface area is 98.2 Å². The van der Waals surface area contributed by atoms with Gasteiger partial charge in [-0.2, -0.15) is 0 Å². The van der Waals surface area contributed by atoms with Gasteiger partial charge in [0.2, 0.25) is 5.91 Å². The van der Waals surface area contributed by atoms with Crippen LogP contribution in [0.1, 0.15) is 34.6 Å². The number of anilines is 1. The van der Waals surface area contributed by atoms with E-state index in [4.69, 9.17) is 5.73 Å². The van der Waals surface area contributed by atoms with E-state index in [9.17, 15) is 14.4 Å². The highest BCUT2D eigenvalue weighted by molar-refractivity contribution is 6.52. The van der Waals surface area contributed by atoms with Crippen molar-refractivity contribution in [3.63, 3.8) is 0 Å². The van der Waals surface area contributed by atoms with Gasteiger partial charge in [-0.15, -0.1) is 0 Å². The fraction of sp³-hybridized carbons (Fsp3) is 0.250. The average Bonchev–Trinajstić information content (AvgIpc) is 2.51. The summed E-state index contributed by atoms with van der Waals surface area (Å²) in [7, 11) is 0. The molecule has 0 saturated heterocycles. The monoisotopic (exact) mass is 232 g/mol. The van der Waals surface area contributed by atoms with Crippen LogP contribution in [-0.4, -0.2) is 23.6 Å². The number of nitrogens with zero attached hydrogens (tertiary/aromatic N) is 1. The van der Waals surface area contributed by atoms with E-state index in [1.54, 1.807) is 6.07 Å². The summed E-state index contributed by atoms with van der Waals surface area (Å²) in [5, 5.41) is 0. The van der Waals surface area contributed by atoms with Crippen LogP contribution in [0.25, 0.3) is 0 Å². The van der Waals surface area contributed by atoms with E-state index in [1.165, 1.54) is 17.0 Å². The first-order valence-corrected chi connectivity index (χ1v) is 5.25. The number of amides is 2. The van der Waals surface area contributed by atoms with Crippen LogP contribution in [0.4, 0.5) is 5.69 Å². The summed E-state index contributed by atoms with van der Waals surface area (Å²) in [6.45, 7) is 3.64. The molecule has 88 valence electrons.